The van der Waals surface area contributed by atoms with Crippen molar-refractivity contribution in [1.82, 2.24) is 10.2 Å². The Morgan fingerprint density at radius 3 is 2.48 bits per heavy atom. The Labute approximate surface area is 132 Å². The van der Waals surface area contributed by atoms with Crippen LogP contribution >= 0.6 is 11.8 Å². The number of piperazine rings is 1. The normalized spacial score (nSPS) is 29.1. The molecule has 0 aromatic heterocycles. The molecule has 2 amide bonds. The number of nitrogens with one attached hydrogen (secondary N) is 1. The highest BCUT2D eigenvalue weighted by Crippen LogP contribution is 2.32. The number of thioether (sulfide) groups is 1. The first-order valence-electron chi connectivity index (χ1n) is 8.20. The van der Waals surface area contributed by atoms with E-state index in [-0.39, 0.29) is 23.8 Å². The summed E-state index contributed by atoms with van der Waals surface area (Å²) < 4.78 is 0. The van der Waals surface area contributed by atoms with Gasteiger partial charge in [0, 0.05) is 11.8 Å². The fourth-order valence-corrected chi connectivity index (χ4v) is 4.77. The smallest absolute Gasteiger partial charge is 0.249 e. The molecule has 2 fully saturated rings. The van der Waals surface area contributed by atoms with E-state index in [4.69, 9.17) is 0 Å². The summed E-state index contributed by atoms with van der Waals surface area (Å²) in [5.74, 6) is 1.47. The quantitative estimate of drug-likeness (QED) is 0.848. The summed E-state index contributed by atoms with van der Waals surface area (Å²) in [5.41, 5.74) is -0.689. The first-order chi connectivity index (χ1) is 9.95. The molecule has 2 aliphatic rings. The number of amides is 2. The van der Waals surface area contributed by atoms with E-state index < -0.39 is 5.54 Å². The Morgan fingerprint density at radius 2 is 2.00 bits per heavy atom. The molecule has 21 heavy (non-hydrogen) atoms. The topological polar surface area (TPSA) is 49.4 Å². The highest BCUT2D eigenvalue weighted by atomic mass is 32.2. The molecular formula is C16H28N2O2S. The van der Waals surface area contributed by atoms with Crippen LogP contribution in [0.25, 0.3) is 0 Å². The standard InChI is InChI=1S/C16H28N2O2S/c1-5-16(6-2)15(20)18(10-12-8-7-9-21-12)13(11(3)4)14(19)17-16/h11-13H,5-10H2,1-4H3,(H,17,19). The van der Waals surface area contributed by atoms with Gasteiger partial charge in [-0.05, 0) is 37.4 Å². The molecule has 0 radical (unpaired) electrons. The lowest BCUT2D eigenvalue weighted by Crippen LogP contribution is -2.71. The molecule has 0 aromatic carbocycles. The summed E-state index contributed by atoms with van der Waals surface area (Å²) in [7, 11) is 0. The van der Waals surface area contributed by atoms with Crippen molar-refractivity contribution in [2.75, 3.05) is 12.3 Å². The lowest BCUT2D eigenvalue weighted by molar-refractivity contribution is -0.157. The van der Waals surface area contributed by atoms with Crippen molar-refractivity contribution in [3.05, 3.63) is 0 Å². The van der Waals surface area contributed by atoms with Crippen LogP contribution in [0.4, 0.5) is 0 Å². The molecule has 4 nitrogen and oxygen atoms in total. The fourth-order valence-electron chi connectivity index (χ4n) is 3.50. The van der Waals surface area contributed by atoms with Crippen molar-refractivity contribution in [1.29, 1.82) is 0 Å². The Morgan fingerprint density at radius 1 is 1.33 bits per heavy atom. The van der Waals surface area contributed by atoms with Crippen molar-refractivity contribution < 1.29 is 9.59 Å². The van der Waals surface area contributed by atoms with Gasteiger partial charge in [-0.2, -0.15) is 11.8 Å². The van der Waals surface area contributed by atoms with E-state index in [2.05, 4.69) is 5.32 Å². The van der Waals surface area contributed by atoms with Gasteiger partial charge in [0.1, 0.15) is 11.6 Å². The lowest BCUT2D eigenvalue weighted by Gasteiger charge is -2.47. The molecule has 0 aliphatic carbocycles. The third kappa shape index (κ3) is 3.08. The maximum atomic E-state index is 13.1. The monoisotopic (exact) mass is 312 g/mol. The molecule has 5 heteroatoms. The van der Waals surface area contributed by atoms with Crippen LogP contribution < -0.4 is 5.32 Å². The molecule has 0 aromatic rings. The first-order valence-corrected chi connectivity index (χ1v) is 9.24. The van der Waals surface area contributed by atoms with Crippen LogP contribution in [0.15, 0.2) is 0 Å². The maximum absolute atomic E-state index is 13.1. The molecule has 2 unspecified atom stereocenters. The van der Waals surface area contributed by atoms with Crippen LogP contribution in [0.5, 0.6) is 0 Å². The van der Waals surface area contributed by atoms with Gasteiger partial charge in [-0.3, -0.25) is 9.59 Å². The summed E-state index contributed by atoms with van der Waals surface area (Å²) in [5, 5.41) is 3.52. The highest BCUT2D eigenvalue weighted by molar-refractivity contribution is 8.00. The first kappa shape index (κ1) is 16.7. The van der Waals surface area contributed by atoms with Crippen LogP contribution in [0.1, 0.15) is 53.4 Å². The number of rotatable bonds is 5. The van der Waals surface area contributed by atoms with Crippen LogP contribution in [0.3, 0.4) is 0 Å². The second-order valence-corrected chi connectivity index (χ2v) is 7.97. The van der Waals surface area contributed by atoms with Gasteiger partial charge in [0.25, 0.3) is 0 Å². The van der Waals surface area contributed by atoms with Crippen molar-refractivity contribution in [3.8, 4) is 0 Å². The third-order valence-electron chi connectivity index (χ3n) is 4.90. The van der Waals surface area contributed by atoms with E-state index >= 15 is 0 Å². The van der Waals surface area contributed by atoms with Gasteiger partial charge >= 0.3 is 0 Å². The molecule has 0 saturated carbocycles. The van der Waals surface area contributed by atoms with Crippen molar-refractivity contribution in [3.63, 3.8) is 0 Å². The molecule has 2 saturated heterocycles. The Kier molecular flexibility index (Phi) is 5.23. The summed E-state index contributed by atoms with van der Waals surface area (Å²) in [6.45, 7) is 8.75. The van der Waals surface area contributed by atoms with Crippen molar-refractivity contribution in [2.24, 2.45) is 5.92 Å². The molecule has 2 aliphatic heterocycles. The molecule has 1 N–H and O–H groups in total. The van der Waals surface area contributed by atoms with Gasteiger partial charge < -0.3 is 10.2 Å². The van der Waals surface area contributed by atoms with E-state index in [0.717, 1.165) is 13.0 Å². The van der Waals surface area contributed by atoms with Crippen LogP contribution in [-0.4, -0.2) is 45.8 Å². The van der Waals surface area contributed by atoms with Gasteiger partial charge in [0.05, 0.1) is 0 Å². The number of carbonyl (C=O) groups is 2. The second kappa shape index (κ2) is 6.59. The average Bonchev–Trinajstić information content (AvgIpc) is 2.95. The van der Waals surface area contributed by atoms with Gasteiger partial charge in [-0.1, -0.05) is 27.7 Å². The fraction of sp³-hybridized carbons (Fsp3) is 0.875. The number of carbonyl (C=O) groups excluding carboxylic acids is 2. The van der Waals surface area contributed by atoms with E-state index in [1.165, 1.54) is 12.2 Å². The van der Waals surface area contributed by atoms with Gasteiger partial charge in [0.2, 0.25) is 11.8 Å². The van der Waals surface area contributed by atoms with Gasteiger partial charge in [0.15, 0.2) is 0 Å². The zero-order valence-corrected chi connectivity index (χ0v) is 14.5. The van der Waals surface area contributed by atoms with E-state index in [1.807, 2.05) is 44.4 Å². The zero-order chi connectivity index (χ0) is 15.6. The molecule has 0 spiro atoms. The number of nitrogens with zero attached hydrogens (tertiary/aromatic N) is 1. The van der Waals surface area contributed by atoms with Crippen LogP contribution in [0, 0.1) is 5.92 Å². The zero-order valence-electron chi connectivity index (χ0n) is 13.6. The molecular weight excluding hydrogens is 284 g/mol. The summed E-state index contributed by atoms with van der Waals surface area (Å²) in [6.07, 6.45) is 3.70. The predicted molar refractivity (Wildman–Crippen MR) is 87.3 cm³/mol. The maximum Gasteiger partial charge on any atom is 0.249 e. The lowest BCUT2D eigenvalue weighted by atomic mass is 9.84. The molecule has 120 valence electrons. The third-order valence-corrected chi connectivity index (χ3v) is 6.28. The van der Waals surface area contributed by atoms with E-state index in [9.17, 15) is 9.59 Å². The minimum atomic E-state index is -0.689. The minimum absolute atomic E-state index is 0.0243. The van der Waals surface area contributed by atoms with Gasteiger partial charge in [-0.25, -0.2) is 0 Å². The Balaban J connectivity index is 2.27. The molecule has 0 bridgehead atoms. The van der Waals surface area contributed by atoms with E-state index in [1.54, 1.807) is 0 Å². The Hall–Kier alpha value is -0.710. The van der Waals surface area contributed by atoms with Crippen molar-refractivity contribution in [2.45, 2.75) is 70.2 Å². The van der Waals surface area contributed by atoms with Crippen LogP contribution in [0.2, 0.25) is 0 Å². The molecule has 2 heterocycles. The summed E-state index contributed by atoms with van der Waals surface area (Å²) >= 11 is 1.94. The highest BCUT2D eigenvalue weighted by Gasteiger charge is 2.50. The second-order valence-electron chi connectivity index (χ2n) is 6.56. The largest absolute Gasteiger partial charge is 0.340 e. The average molecular weight is 312 g/mol. The summed E-state index contributed by atoms with van der Waals surface area (Å²) in [6, 6.07) is -0.315. The SMILES string of the molecule is CCC1(CC)NC(=O)C(C(C)C)N(CC2CCCS2)C1=O. The molecule has 2 rings (SSSR count). The van der Waals surface area contributed by atoms with E-state index in [0.29, 0.717) is 18.1 Å². The number of hydrogen-bond acceptors (Lipinski definition) is 3. The summed E-state index contributed by atoms with van der Waals surface area (Å²) in [4.78, 5) is 27.5. The van der Waals surface area contributed by atoms with Crippen molar-refractivity contribution >= 4 is 23.6 Å². The number of hydrogen-bond donors (Lipinski definition) is 1. The minimum Gasteiger partial charge on any atom is -0.340 e. The van der Waals surface area contributed by atoms with Gasteiger partial charge in [-0.15, -0.1) is 0 Å². The van der Waals surface area contributed by atoms with Crippen LogP contribution in [-0.2, 0) is 9.59 Å². The molecule has 2 atom stereocenters. The Bertz CT molecular complexity index is 401. The predicted octanol–water partition coefficient (Wildman–Crippen LogP) is 2.42.